The van der Waals surface area contributed by atoms with E-state index in [-0.39, 0.29) is 12.5 Å². The molecule has 0 bridgehead atoms. The van der Waals surface area contributed by atoms with E-state index < -0.39 is 11.7 Å². The number of rotatable bonds is 4. The van der Waals surface area contributed by atoms with Gasteiger partial charge in [-0.1, -0.05) is 0 Å². The Bertz CT molecular complexity index is 167. The largest absolute Gasteiger partial charge is 0.392 e. The third kappa shape index (κ3) is 3.20. The van der Waals surface area contributed by atoms with Crippen molar-refractivity contribution in [2.75, 3.05) is 19.8 Å². The molecule has 84 valence electrons. The van der Waals surface area contributed by atoms with Crippen LogP contribution >= 0.6 is 0 Å². The highest BCUT2D eigenvalue weighted by molar-refractivity contribution is 4.86. The van der Waals surface area contributed by atoms with Crippen LogP contribution < -0.4 is 5.73 Å². The Morgan fingerprint density at radius 2 is 2.07 bits per heavy atom. The predicted octanol–water partition coefficient (Wildman–Crippen LogP) is -0.126. The van der Waals surface area contributed by atoms with Gasteiger partial charge in [0.1, 0.15) is 0 Å². The molecule has 4 N–H and O–H groups in total. The summed E-state index contributed by atoms with van der Waals surface area (Å²) < 4.78 is 5.23. The van der Waals surface area contributed by atoms with Crippen molar-refractivity contribution in [1.82, 2.24) is 0 Å². The second-order valence-electron chi connectivity index (χ2n) is 4.34. The van der Waals surface area contributed by atoms with Gasteiger partial charge in [-0.3, -0.25) is 0 Å². The van der Waals surface area contributed by atoms with E-state index in [2.05, 4.69) is 0 Å². The maximum atomic E-state index is 10.2. The summed E-state index contributed by atoms with van der Waals surface area (Å²) in [6, 6.07) is 0. The minimum Gasteiger partial charge on any atom is -0.392 e. The average Bonchev–Trinajstić information content (AvgIpc) is 2.18. The second-order valence-corrected chi connectivity index (χ2v) is 4.34. The van der Waals surface area contributed by atoms with E-state index in [4.69, 9.17) is 10.5 Å². The van der Waals surface area contributed by atoms with Crippen molar-refractivity contribution in [3.8, 4) is 0 Å². The molecule has 0 saturated carbocycles. The van der Waals surface area contributed by atoms with Crippen molar-refractivity contribution < 1.29 is 14.9 Å². The zero-order valence-corrected chi connectivity index (χ0v) is 8.78. The first-order valence-corrected chi connectivity index (χ1v) is 5.24. The van der Waals surface area contributed by atoms with E-state index in [0.29, 0.717) is 19.6 Å². The minimum atomic E-state index is -0.817. The third-order valence-electron chi connectivity index (χ3n) is 3.02. The van der Waals surface area contributed by atoms with Crippen LogP contribution in [0.2, 0.25) is 0 Å². The highest BCUT2D eigenvalue weighted by Crippen LogP contribution is 2.30. The van der Waals surface area contributed by atoms with Crippen LogP contribution in [0.5, 0.6) is 0 Å². The van der Waals surface area contributed by atoms with Gasteiger partial charge in [0.2, 0.25) is 0 Å². The fourth-order valence-corrected chi connectivity index (χ4v) is 2.05. The molecule has 1 aliphatic heterocycles. The van der Waals surface area contributed by atoms with E-state index >= 15 is 0 Å². The quantitative estimate of drug-likeness (QED) is 0.595. The molecule has 0 aliphatic carbocycles. The number of hydrogen-bond donors (Lipinski definition) is 3. The third-order valence-corrected chi connectivity index (χ3v) is 3.02. The molecule has 1 saturated heterocycles. The fraction of sp³-hybridized carbons (Fsp3) is 1.00. The fourth-order valence-electron chi connectivity index (χ4n) is 2.05. The highest BCUT2D eigenvalue weighted by atomic mass is 16.5. The highest BCUT2D eigenvalue weighted by Gasteiger charge is 2.34. The first-order valence-electron chi connectivity index (χ1n) is 5.24. The number of aliphatic hydroxyl groups excluding tert-OH is 1. The molecule has 0 radical (unpaired) electrons. The molecule has 14 heavy (non-hydrogen) atoms. The summed E-state index contributed by atoms with van der Waals surface area (Å²) in [6.45, 7) is 3.40. The Kier molecular flexibility index (Phi) is 4.31. The van der Waals surface area contributed by atoms with E-state index in [1.165, 1.54) is 0 Å². The smallest absolute Gasteiger partial charge is 0.0689 e. The molecule has 0 amide bonds. The lowest BCUT2D eigenvalue weighted by molar-refractivity contribution is -0.0765. The molecule has 0 aromatic carbocycles. The first kappa shape index (κ1) is 11.9. The van der Waals surface area contributed by atoms with Crippen molar-refractivity contribution in [1.29, 1.82) is 0 Å². The van der Waals surface area contributed by atoms with E-state index in [0.717, 1.165) is 12.8 Å². The summed E-state index contributed by atoms with van der Waals surface area (Å²) in [5, 5.41) is 19.6. The lowest BCUT2D eigenvalue weighted by Crippen LogP contribution is -2.42. The molecule has 4 nitrogen and oxygen atoms in total. The van der Waals surface area contributed by atoms with Crippen LogP contribution in [0.15, 0.2) is 0 Å². The number of aliphatic hydroxyl groups is 2. The molecule has 1 aliphatic rings. The standard InChI is InChI=1S/C10H21NO3/c1-10(13,6-9(12)7-11)8-2-4-14-5-3-8/h8-9,12-13H,2-7,11H2,1H3/t9-,10+/m1/s1. The van der Waals surface area contributed by atoms with Gasteiger partial charge in [0.05, 0.1) is 11.7 Å². The van der Waals surface area contributed by atoms with E-state index in [1.807, 2.05) is 0 Å². The molecule has 1 heterocycles. The molecule has 1 rings (SSSR count). The van der Waals surface area contributed by atoms with Gasteiger partial charge in [0.15, 0.2) is 0 Å². The average molecular weight is 203 g/mol. The number of ether oxygens (including phenoxy) is 1. The molecule has 0 aromatic heterocycles. The summed E-state index contributed by atoms with van der Waals surface area (Å²) in [5.74, 6) is 0.220. The van der Waals surface area contributed by atoms with Crippen LogP contribution in [0.1, 0.15) is 26.2 Å². The van der Waals surface area contributed by atoms with Gasteiger partial charge in [-0.05, 0) is 25.7 Å². The molecule has 0 spiro atoms. The van der Waals surface area contributed by atoms with Gasteiger partial charge in [0, 0.05) is 26.2 Å². The van der Waals surface area contributed by atoms with Crippen LogP contribution in [0.3, 0.4) is 0 Å². The normalized spacial score (nSPS) is 25.7. The first-order chi connectivity index (χ1) is 6.56. The number of nitrogens with two attached hydrogens (primary N) is 1. The van der Waals surface area contributed by atoms with E-state index in [9.17, 15) is 10.2 Å². The Morgan fingerprint density at radius 3 is 2.57 bits per heavy atom. The van der Waals surface area contributed by atoms with Crippen LogP contribution in [0.4, 0.5) is 0 Å². The van der Waals surface area contributed by atoms with Crippen molar-refractivity contribution >= 4 is 0 Å². The number of hydrogen-bond acceptors (Lipinski definition) is 4. The lowest BCUT2D eigenvalue weighted by atomic mass is 9.80. The molecular formula is C10H21NO3. The summed E-state index contributed by atoms with van der Waals surface area (Å²) in [6.07, 6.45) is 1.48. The summed E-state index contributed by atoms with van der Waals surface area (Å²) in [7, 11) is 0. The summed E-state index contributed by atoms with van der Waals surface area (Å²) >= 11 is 0. The Balaban J connectivity index is 2.45. The van der Waals surface area contributed by atoms with Crippen LogP contribution in [-0.4, -0.2) is 41.7 Å². The van der Waals surface area contributed by atoms with Gasteiger partial charge in [-0.15, -0.1) is 0 Å². The Hall–Kier alpha value is -0.160. The maximum Gasteiger partial charge on any atom is 0.0689 e. The lowest BCUT2D eigenvalue weighted by Gasteiger charge is -2.36. The minimum absolute atomic E-state index is 0.208. The van der Waals surface area contributed by atoms with Crippen molar-refractivity contribution in [2.45, 2.75) is 37.9 Å². The maximum absolute atomic E-state index is 10.2. The van der Waals surface area contributed by atoms with Crippen LogP contribution in [0, 0.1) is 5.92 Å². The van der Waals surface area contributed by atoms with Crippen molar-refractivity contribution in [3.05, 3.63) is 0 Å². The van der Waals surface area contributed by atoms with Gasteiger partial charge < -0.3 is 20.7 Å². The van der Waals surface area contributed by atoms with Crippen molar-refractivity contribution in [3.63, 3.8) is 0 Å². The van der Waals surface area contributed by atoms with Gasteiger partial charge in [0.25, 0.3) is 0 Å². The Morgan fingerprint density at radius 1 is 1.50 bits per heavy atom. The zero-order chi connectivity index (χ0) is 10.6. The van der Waals surface area contributed by atoms with Gasteiger partial charge >= 0.3 is 0 Å². The summed E-state index contributed by atoms with van der Waals surface area (Å²) in [5.41, 5.74) is 4.51. The molecular weight excluding hydrogens is 182 g/mol. The van der Waals surface area contributed by atoms with E-state index in [1.54, 1.807) is 6.92 Å². The zero-order valence-electron chi connectivity index (χ0n) is 8.78. The monoisotopic (exact) mass is 203 g/mol. The van der Waals surface area contributed by atoms with Crippen molar-refractivity contribution in [2.24, 2.45) is 11.7 Å². The molecule has 2 atom stereocenters. The SMILES string of the molecule is C[C@](O)(C[C@@H](O)CN)C1CCOCC1. The summed E-state index contributed by atoms with van der Waals surface area (Å²) in [4.78, 5) is 0. The molecule has 1 fully saturated rings. The van der Waals surface area contributed by atoms with Gasteiger partial charge in [-0.2, -0.15) is 0 Å². The Labute approximate surface area is 85.1 Å². The predicted molar refractivity (Wildman–Crippen MR) is 53.8 cm³/mol. The van der Waals surface area contributed by atoms with Crippen LogP contribution in [-0.2, 0) is 4.74 Å². The molecule has 0 unspecified atom stereocenters. The molecule has 0 aromatic rings. The van der Waals surface area contributed by atoms with Crippen LogP contribution in [0.25, 0.3) is 0 Å². The molecule has 4 heteroatoms. The topological polar surface area (TPSA) is 75.7 Å². The second kappa shape index (κ2) is 5.07. The van der Waals surface area contributed by atoms with Gasteiger partial charge in [-0.25, -0.2) is 0 Å².